The van der Waals surface area contributed by atoms with E-state index in [0.717, 1.165) is 5.69 Å². The van der Waals surface area contributed by atoms with Crippen LogP contribution in [0.5, 0.6) is 5.88 Å². The summed E-state index contributed by atoms with van der Waals surface area (Å²) in [5, 5.41) is 0. The summed E-state index contributed by atoms with van der Waals surface area (Å²) in [6, 6.07) is 0. The topological polar surface area (TPSA) is 35.0 Å². The van der Waals surface area contributed by atoms with Crippen molar-refractivity contribution < 1.29 is 4.74 Å². The summed E-state index contributed by atoms with van der Waals surface area (Å²) in [6.45, 7) is 9.10. The van der Waals surface area contributed by atoms with Crippen LogP contribution in [-0.2, 0) is 0 Å². The van der Waals surface area contributed by atoms with Gasteiger partial charge in [-0.15, -0.1) is 0 Å². The Morgan fingerprint density at radius 2 is 1.86 bits per heavy atom. The molecule has 0 radical (unpaired) electrons. The van der Waals surface area contributed by atoms with Gasteiger partial charge >= 0.3 is 0 Å². The zero-order valence-corrected chi connectivity index (χ0v) is 9.32. The predicted octanol–water partition coefficient (Wildman–Crippen LogP) is 2.63. The zero-order valence-electron chi connectivity index (χ0n) is 9.32. The van der Waals surface area contributed by atoms with Gasteiger partial charge in [0.05, 0.1) is 24.7 Å². The first-order valence-corrected chi connectivity index (χ1v) is 5.04. The molecule has 14 heavy (non-hydrogen) atoms. The molecule has 0 amide bonds. The summed E-state index contributed by atoms with van der Waals surface area (Å²) in [5.74, 6) is 1.55. The molecule has 1 aromatic rings. The maximum absolute atomic E-state index is 5.43. The summed E-state index contributed by atoms with van der Waals surface area (Å²) in [6.07, 6.45) is 3.47. The minimum Gasteiger partial charge on any atom is -0.476 e. The fraction of sp³-hybridized carbons (Fsp3) is 0.636. The molecular weight excluding hydrogens is 176 g/mol. The van der Waals surface area contributed by atoms with Gasteiger partial charge in [0, 0.05) is 0 Å². The molecule has 0 spiro atoms. The van der Waals surface area contributed by atoms with Gasteiger partial charge in [0.2, 0.25) is 5.88 Å². The Morgan fingerprint density at radius 1 is 1.14 bits per heavy atom. The number of rotatable bonds is 4. The van der Waals surface area contributed by atoms with Crippen molar-refractivity contribution in [1.82, 2.24) is 9.97 Å². The second-order valence-corrected chi connectivity index (χ2v) is 4.14. The Hall–Kier alpha value is -1.12. The predicted molar refractivity (Wildman–Crippen MR) is 56.5 cm³/mol. The van der Waals surface area contributed by atoms with Crippen LogP contribution in [-0.4, -0.2) is 16.6 Å². The van der Waals surface area contributed by atoms with Crippen LogP contribution in [0.3, 0.4) is 0 Å². The van der Waals surface area contributed by atoms with Crippen LogP contribution in [0.15, 0.2) is 12.4 Å². The van der Waals surface area contributed by atoms with Crippen molar-refractivity contribution in [3.8, 4) is 5.88 Å². The molecule has 3 nitrogen and oxygen atoms in total. The molecule has 0 aliphatic heterocycles. The highest BCUT2D eigenvalue weighted by Crippen LogP contribution is 2.12. The number of hydrogen-bond donors (Lipinski definition) is 0. The molecule has 0 unspecified atom stereocenters. The number of hydrogen-bond acceptors (Lipinski definition) is 3. The standard InChI is InChI=1S/C11H18N2O/c1-8(2)7-14-11-6-12-10(5-13-11)9(3)4/h5-6,8-9H,7H2,1-4H3. The number of ether oxygens (including phenoxy) is 1. The lowest BCUT2D eigenvalue weighted by atomic mass is 10.1. The Bertz CT molecular complexity index is 267. The maximum Gasteiger partial charge on any atom is 0.232 e. The molecule has 0 aliphatic carbocycles. The summed E-state index contributed by atoms with van der Waals surface area (Å²) < 4.78 is 5.43. The minimum atomic E-state index is 0.418. The molecule has 0 N–H and O–H groups in total. The second-order valence-electron chi connectivity index (χ2n) is 4.14. The van der Waals surface area contributed by atoms with Crippen molar-refractivity contribution in [1.29, 1.82) is 0 Å². The molecule has 0 atom stereocenters. The van der Waals surface area contributed by atoms with E-state index in [1.54, 1.807) is 12.4 Å². The van der Waals surface area contributed by atoms with Crippen molar-refractivity contribution >= 4 is 0 Å². The lowest BCUT2D eigenvalue weighted by molar-refractivity contribution is 0.260. The third-order valence-electron chi connectivity index (χ3n) is 1.80. The summed E-state index contributed by atoms with van der Waals surface area (Å²) in [4.78, 5) is 8.46. The molecule has 3 heteroatoms. The number of nitrogens with zero attached hydrogens (tertiary/aromatic N) is 2. The Balaban J connectivity index is 2.55. The van der Waals surface area contributed by atoms with E-state index in [-0.39, 0.29) is 0 Å². The van der Waals surface area contributed by atoms with Gasteiger partial charge < -0.3 is 4.74 Å². The molecule has 0 saturated carbocycles. The van der Waals surface area contributed by atoms with Crippen molar-refractivity contribution in [3.05, 3.63) is 18.1 Å². The molecule has 1 rings (SSSR count). The quantitative estimate of drug-likeness (QED) is 0.739. The minimum absolute atomic E-state index is 0.418. The van der Waals surface area contributed by atoms with Crippen LogP contribution in [0.4, 0.5) is 0 Å². The average Bonchev–Trinajstić information content (AvgIpc) is 2.15. The highest BCUT2D eigenvalue weighted by Gasteiger charge is 2.02. The third kappa shape index (κ3) is 3.32. The van der Waals surface area contributed by atoms with Crippen LogP contribution in [0.25, 0.3) is 0 Å². The molecule has 1 aromatic heterocycles. The van der Waals surface area contributed by atoms with E-state index in [9.17, 15) is 0 Å². The highest BCUT2D eigenvalue weighted by molar-refractivity contribution is 5.09. The molecule has 0 saturated heterocycles. The van der Waals surface area contributed by atoms with E-state index in [4.69, 9.17) is 4.74 Å². The van der Waals surface area contributed by atoms with Gasteiger partial charge in [-0.1, -0.05) is 27.7 Å². The van der Waals surface area contributed by atoms with E-state index in [1.807, 2.05) is 0 Å². The fourth-order valence-electron chi connectivity index (χ4n) is 0.951. The van der Waals surface area contributed by atoms with E-state index < -0.39 is 0 Å². The van der Waals surface area contributed by atoms with Gasteiger partial charge in [-0.2, -0.15) is 0 Å². The molecule has 0 aliphatic rings. The summed E-state index contributed by atoms with van der Waals surface area (Å²) in [5.41, 5.74) is 1.00. The molecule has 78 valence electrons. The molecule has 1 heterocycles. The van der Waals surface area contributed by atoms with Crippen LogP contribution in [0, 0.1) is 5.92 Å². The lowest BCUT2D eigenvalue weighted by Gasteiger charge is -2.08. The van der Waals surface area contributed by atoms with Gasteiger partial charge in [-0.05, 0) is 11.8 Å². The second kappa shape index (κ2) is 4.94. The average molecular weight is 194 g/mol. The Morgan fingerprint density at radius 3 is 2.29 bits per heavy atom. The van der Waals surface area contributed by atoms with Crippen molar-refractivity contribution in [2.24, 2.45) is 5.92 Å². The van der Waals surface area contributed by atoms with E-state index in [1.165, 1.54) is 0 Å². The van der Waals surface area contributed by atoms with Crippen LogP contribution in [0.2, 0.25) is 0 Å². The zero-order chi connectivity index (χ0) is 10.6. The first kappa shape index (κ1) is 11.0. The Kier molecular flexibility index (Phi) is 3.86. The molecule has 0 fully saturated rings. The Labute approximate surface area is 85.5 Å². The SMILES string of the molecule is CC(C)COc1cnc(C(C)C)cn1. The maximum atomic E-state index is 5.43. The molecule has 0 aromatic carbocycles. The van der Waals surface area contributed by atoms with Crippen LogP contribution >= 0.6 is 0 Å². The van der Waals surface area contributed by atoms with Gasteiger partial charge in [0.25, 0.3) is 0 Å². The largest absolute Gasteiger partial charge is 0.476 e. The summed E-state index contributed by atoms with van der Waals surface area (Å²) in [7, 11) is 0. The molecular formula is C11H18N2O. The van der Waals surface area contributed by atoms with Gasteiger partial charge in [-0.3, -0.25) is 4.98 Å². The van der Waals surface area contributed by atoms with Crippen molar-refractivity contribution in [2.75, 3.05) is 6.61 Å². The van der Waals surface area contributed by atoms with Gasteiger partial charge in [-0.25, -0.2) is 4.98 Å². The lowest BCUT2D eigenvalue weighted by Crippen LogP contribution is -2.06. The molecule has 0 bridgehead atoms. The smallest absolute Gasteiger partial charge is 0.232 e. The fourth-order valence-corrected chi connectivity index (χ4v) is 0.951. The normalized spacial score (nSPS) is 11.0. The van der Waals surface area contributed by atoms with E-state index in [0.29, 0.717) is 24.3 Å². The van der Waals surface area contributed by atoms with Crippen LogP contribution < -0.4 is 4.74 Å². The monoisotopic (exact) mass is 194 g/mol. The third-order valence-corrected chi connectivity index (χ3v) is 1.80. The first-order chi connectivity index (χ1) is 6.59. The summed E-state index contributed by atoms with van der Waals surface area (Å²) >= 11 is 0. The van der Waals surface area contributed by atoms with E-state index >= 15 is 0 Å². The van der Waals surface area contributed by atoms with E-state index in [2.05, 4.69) is 37.7 Å². The van der Waals surface area contributed by atoms with Gasteiger partial charge in [0.1, 0.15) is 0 Å². The van der Waals surface area contributed by atoms with Crippen molar-refractivity contribution in [3.63, 3.8) is 0 Å². The first-order valence-electron chi connectivity index (χ1n) is 5.04. The highest BCUT2D eigenvalue weighted by atomic mass is 16.5. The van der Waals surface area contributed by atoms with Crippen molar-refractivity contribution in [2.45, 2.75) is 33.6 Å². The van der Waals surface area contributed by atoms with Gasteiger partial charge in [0.15, 0.2) is 0 Å². The van der Waals surface area contributed by atoms with Crippen LogP contribution in [0.1, 0.15) is 39.3 Å². The number of aromatic nitrogens is 2.